The van der Waals surface area contributed by atoms with Crippen molar-refractivity contribution in [3.05, 3.63) is 70.9 Å². The first-order chi connectivity index (χ1) is 15.5. The summed E-state index contributed by atoms with van der Waals surface area (Å²) in [4.78, 5) is 11.8. The Morgan fingerprint density at radius 1 is 1.19 bits per heavy atom. The first-order valence-electron chi connectivity index (χ1n) is 10.6. The highest BCUT2D eigenvalue weighted by Gasteiger charge is 2.25. The number of aromatic nitrogens is 4. The van der Waals surface area contributed by atoms with Crippen molar-refractivity contribution in [2.24, 2.45) is 0 Å². The monoisotopic (exact) mass is 451 g/mol. The molecule has 32 heavy (non-hydrogen) atoms. The van der Waals surface area contributed by atoms with Crippen LogP contribution in [-0.2, 0) is 11.3 Å². The summed E-state index contributed by atoms with van der Waals surface area (Å²) >= 11 is 5.98. The number of ether oxygens (including phenoxy) is 1. The van der Waals surface area contributed by atoms with Gasteiger partial charge in [0.2, 0.25) is 0 Å². The molecule has 164 valence electrons. The van der Waals surface area contributed by atoms with E-state index in [0.717, 1.165) is 34.5 Å². The third-order valence-corrected chi connectivity index (χ3v) is 5.97. The lowest BCUT2D eigenvalue weighted by Gasteiger charge is -2.33. The number of morpholine rings is 1. The zero-order valence-electron chi connectivity index (χ0n) is 17.9. The minimum absolute atomic E-state index is 0.109. The molecule has 0 radical (unpaired) electrons. The minimum atomic E-state index is -0.407. The van der Waals surface area contributed by atoms with Crippen LogP contribution in [0.2, 0.25) is 5.02 Å². The van der Waals surface area contributed by atoms with Gasteiger partial charge in [-0.25, -0.2) is 9.37 Å². The van der Waals surface area contributed by atoms with Gasteiger partial charge in [0.25, 0.3) is 0 Å². The highest BCUT2D eigenvalue weighted by molar-refractivity contribution is 6.30. The van der Waals surface area contributed by atoms with Gasteiger partial charge < -0.3 is 9.64 Å². The Labute approximate surface area is 190 Å². The van der Waals surface area contributed by atoms with Crippen LogP contribution in [0.4, 0.5) is 10.2 Å². The maximum absolute atomic E-state index is 14.8. The number of halogens is 2. The van der Waals surface area contributed by atoms with E-state index in [1.54, 1.807) is 12.1 Å². The molecule has 5 rings (SSSR count). The van der Waals surface area contributed by atoms with E-state index in [0.29, 0.717) is 36.0 Å². The molecule has 4 aromatic rings. The average molecular weight is 452 g/mol. The highest BCUT2D eigenvalue weighted by Crippen LogP contribution is 2.34. The van der Waals surface area contributed by atoms with Gasteiger partial charge in [-0.1, -0.05) is 11.6 Å². The topological polar surface area (TPSA) is 56.1 Å². The molecule has 0 N–H and O–H groups in total. The van der Waals surface area contributed by atoms with Gasteiger partial charge in [-0.2, -0.15) is 5.10 Å². The molecule has 4 heterocycles. The first-order valence-corrected chi connectivity index (χ1v) is 11.0. The molecule has 1 aromatic carbocycles. The molecular weight excluding hydrogens is 429 g/mol. The van der Waals surface area contributed by atoms with Gasteiger partial charge in [0.1, 0.15) is 17.7 Å². The van der Waals surface area contributed by atoms with E-state index in [4.69, 9.17) is 26.3 Å². The van der Waals surface area contributed by atoms with Gasteiger partial charge >= 0.3 is 0 Å². The Morgan fingerprint density at radius 2 is 2.06 bits per heavy atom. The van der Waals surface area contributed by atoms with Crippen molar-refractivity contribution >= 4 is 28.3 Å². The fourth-order valence-electron chi connectivity index (χ4n) is 4.04. The molecule has 0 amide bonds. The summed E-state index contributed by atoms with van der Waals surface area (Å²) < 4.78 is 22.8. The predicted molar refractivity (Wildman–Crippen MR) is 123 cm³/mol. The minimum Gasteiger partial charge on any atom is -0.370 e. The van der Waals surface area contributed by atoms with Gasteiger partial charge in [-0.3, -0.25) is 9.67 Å². The quantitative estimate of drug-likeness (QED) is 0.427. The van der Waals surface area contributed by atoms with Crippen LogP contribution in [-0.4, -0.2) is 39.4 Å². The molecule has 0 unspecified atom stereocenters. The smallest absolute Gasteiger partial charge is 0.134 e. The molecule has 6 nitrogen and oxygen atoms in total. The van der Waals surface area contributed by atoms with Crippen LogP contribution in [0, 0.1) is 12.7 Å². The van der Waals surface area contributed by atoms with Gasteiger partial charge in [0, 0.05) is 59.1 Å². The van der Waals surface area contributed by atoms with Crippen LogP contribution < -0.4 is 4.90 Å². The number of nitrogens with zero attached hydrogens (tertiary/aromatic N) is 5. The number of hydrogen-bond acceptors (Lipinski definition) is 5. The standard InChI is InChI=1S/C24H23ClFN5O/c1-3-31-13-16(12-27-31)22-14-30(8-9-32-22)23-11-21-19(6-4-15(2)28-21)24(29-23)18-7-5-17(25)10-20(18)26/h4-7,10-13,22H,3,8-9,14H2,1-2H3/t22-/m1/s1. The predicted octanol–water partition coefficient (Wildman–Crippen LogP) is 5.19. The van der Waals surface area contributed by atoms with Crippen molar-refractivity contribution in [1.29, 1.82) is 0 Å². The molecule has 1 fully saturated rings. The second kappa shape index (κ2) is 8.48. The molecule has 0 aliphatic carbocycles. The Balaban J connectivity index is 1.57. The molecule has 0 spiro atoms. The van der Waals surface area contributed by atoms with Crippen LogP contribution in [0.25, 0.3) is 22.2 Å². The summed E-state index contributed by atoms with van der Waals surface area (Å²) in [5.41, 5.74) is 3.67. The zero-order valence-corrected chi connectivity index (χ0v) is 18.7. The fourth-order valence-corrected chi connectivity index (χ4v) is 4.20. The molecule has 1 aliphatic heterocycles. The summed E-state index contributed by atoms with van der Waals surface area (Å²) in [5.74, 6) is 0.340. The van der Waals surface area contributed by atoms with Gasteiger partial charge in [-0.15, -0.1) is 0 Å². The van der Waals surface area contributed by atoms with E-state index in [2.05, 4.69) is 16.9 Å². The molecule has 0 saturated carbocycles. The van der Waals surface area contributed by atoms with Crippen molar-refractivity contribution in [2.45, 2.75) is 26.5 Å². The summed E-state index contributed by atoms with van der Waals surface area (Å²) in [6.45, 7) is 6.68. The van der Waals surface area contributed by atoms with Crippen molar-refractivity contribution in [1.82, 2.24) is 19.7 Å². The lowest BCUT2D eigenvalue weighted by Crippen LogP contribution is -2.38. The van der Waals surface area contributed by atoms with Crippen LogP contribution in [0.15, 0.2) is 48.8 Å². The van der Waals surface area contributed by atoms with E-state index < -0.39 is 5.82 Å². The second-order valence-corrected chi connectivity index (χ2v) is 8.34. The summed E-state index contributed by atoms with van der Waals surface area (Å²) in [6.07, 6.45) is 3.76. The van der Waals surface area contributed by atoms with Crippen LogP contribution in [0.1, 0.15) is 24.3 Å². The average Bonchev–Trinajstić information content (AvgIpc) is 3.28. The highest BCUT2D eigenvalue weighted by atomic mass is 35.5. The van der Waals surface area contributed by atoms with Crippen LogP contribution in [0.5, 0.6) is 0 Å². The maximum Gasteiger partial charge on any atom is 0.134 e. The van der Waals surface area contributed by atoms with E-state index in [1.807, 2.05) is 42.2 Å². The number of anilines is 1. The Hall–Kier alpha value is -3.03. The van der Waals surface area contributed by atoms with Crippen LogP contribution in [0.3, 0.4) is 0 Å². The summed E-state index contributed by atoms with van der Waals surface area (Å²) in [5, 5.41) is 5.52. The van der Waals surface area contributed by atoms with Crippen LogP contribution >= 0.6 is 11.6 Å². The Kier molecular flexibility index (Phi) is 5.53. The van der Waals surface area contributed by atoms with E-state index in [-0.39, 0.29) is 6.10 Å². The van der Waals surface area contributed by atoms with Crippen molar-refractivity contribution in [2.75, 3.05) is 24.6 Å². The Morgan fingerprint density at radius 3 is 2.84 bits per heavy atom. The third-order valence-electron chi connectivity index (χ3n) is 5.74. The van der Waals surface area contributed by atoms with E-state index >= 15 is 0 Å². The molecule has 3 aromatic heterocycles. The first kappa shape index (κ1) is 20.8. The van der Waals surface area contributed by atoms with Crippen molar-refractivity contribution in [3.63, 3.8) is 0 Å². The van der Waals surface area contributed by atoms with E-state index in [9.17, 15) is 4.39 Å². The van der Waals surface area contributed by atoms with Gasteiger partial charge in [0.15, 0.2) is 0 Å². The van der Waals surface area contributed by atoms with Gasteiger partial charge in [-0.05, 0) is 44.2 Å². The lowest BCUT2D eigenvalue weighted by molar-refractivity contribution is 0.0395. The summed E-state index contributed by atoms with van der Waals surface area (Å²) in [7, 11) is 0. The van der Waals surface area contributed by atoms with E-state index in [1.165, 1.54) is 6.07 Å². The largest absolute Gasteiger partial charge is 0.370 e. The molecular formula is C24H23ClFN5O. The fraction of sp³-hybridized carbons (Fsp3) is 0.292. The molecule has 8 heteroatoms. The zero-order chi connectivity index (χ0) is 22.2. The molecule has 1 saturated heterocycles. The third kappa shape index (κ3) is 3.94. The number of rotatable bonds is 4. The molecule has 1 atom stereocenters. The maximum atomic E-state index is 14.8. The summed E-state index contributed by atoms with van der Waals surface area (Å²) in [6, 6.07) is 10.5. The second-order valence-electron chi connectivity index (χ2n) is 7.91. The lowest BCUT2D eigenvalue weighted by atomic mass is 10.0. The Bertz CT molecular complexity index is 1290. The number of benzene rings is 1. The SMILES string of the molecule is CCn1cc([C@H]2CN(c3cc4nc(C)ccc4c(-c4ccc(Cl)cc4F)n3)CCO2)cn1. The van der Waals surface area contributed by atoms with Gasteiger partial charge in [0.05, 0.1) is 24.0 Å². The molecule has 0 bridgehead atoms. The normalized spacial score (nSPS) is 16.6. The number of fused-ring (bicyclic) bond motifs is 1. The number of pyridine rings is 2. The van der Waals surface area contributed by atoms with Crippen molar-refractivity contribution < 1.29 is 9.13 Å². The number of aryl methyl sites for hydroxylation is 2. The molecule has 1 aliphatic rings. The number of hydrogen-bond donors (Lipinski definition) is 0. The van der Waals surface area contributed by atoms with Crippen molar-refractivity contribution in [3.8, 4) is 11.3 Å².